The Kier molecular flexibility index (Phi) is 5.27. The summed E-state index contributed by atoms with van der Waals surface area (Å²) < 4.78 is 4.26. The number of hydrogen-bond acceptors (Lipinski definition) is 1. The van der Waals surface area contributed by atoms with E-state index in [-0.39, 0.29) is 0 Å². The van der Waals surface area contributed by atoms with Crippen molar-refractivity contribution in [2.75, 3.05) is 0 Å². The van der Waals surface area contributed by atoms with Gasteiger partial charge in [-0.2, -0.15) is 5.26 Å². The van der Waals surface area contributed by atoms with Crippen LogP contribution in [0.2, 0.25) is 0 Å². The minimum atomic E-state index is 0.650. The summed E-state index contributed by atoms with van der Waals surface area (Å²) in [5, 5.41) is 9.60. The molecule has 1 heterocycles. The fourth-order valence-corrected chi connectivity index (χ4v) is 3.75. The minimum Gasteiger partial charge on any atom is -0.317 e. The first-order chi connectivity index (χ1) is 12.0. The van der Waals surface area contributed by atoms with Gasteiger partial charge in [-0.3, -0.25) is 0 Å². The third kappa shape index (κ3) is 3.49. The van der Waals surface area contributed by atoms with E-state index in [1.165, 1.54) is 0 Å². The Hall–Kier alpha value is -2.09. The fraction of sp³-hybridized carbons (Fsp3) is 0.0952. The summed E-state index contributed by atoms with van der Waals surface area (Å²) in [6.45, 7) is 4.15. The summed E-state index contributed by atoms with van der Waals surface area (Å²) in [4.78, 5) is 0. The third-order valence-corrected chi connectivity index (χ3v) is 5.72. The molecule has 0 unspecified atom stereocenters. The molecule has 0 saturated carbocycles. The fourth-order valence-electron chi connectivity index (χ4n) is 2.91. The van der Waals surface area contributed by atoms with Crippen molar-refractivity contribution < 1.29 is 0 Å². The van der Waals surface area contributed by atoms with Gasteiger partial charge in [-0.1, -0.05) is 46.3 Å². The average molecular weight is 456 g/mol. The van der Waals surface area contributed by atoms with E-state index in [1.54, 1.807) is 0 Å². The Labute approximate surface area is 164 Å². The van der Waals surface area contributed by atoms with Gasteiger partial charge >= 0.3 is 0 Å². The molecular formula is C21H16Br2N2. The monoisotopic (exact) mass is 454 g/mol. The van der Waals surface area contributed by atoms with E-state index in [0.717, 1.165) is 37.1 Å². The average Bonchev–Trinajstić information content (AvgIpc) is 2.84. The number of nitrogens with zero attached hydrogens (tertiary/aromatic N) is 2. The van der Waals surface area contributed by atoms with Crippen LogP contribution in [0.5, 0.6) is 0 Å². The van der Waals surface area contributed by atoms with E-state index < -0.39 is 0 Å². The van der Waals surface area contributed by atoms with Gasteiger partial charge in [0.1, 0.15) is 0 Å². The number of aromatic nitrogens is 1. The second kappa shape index (κ2) is 7.43. The van der Waals surface area contributed by atoms with Crippen LogP contribution >= 0.6 is 31.9 Å². The van der Waals surface area contributed by atoms with E-state index in [4.69, 9.17) is 0 Å². The summed E-state index contributed by atoms with van der Waals surface area (Å²) in [6, 6.07) is 20.3. The lowest BCUT2D eigenvalue weighted by Gasteiger charge is -2.09. The summed E-state index contributed by atoms with van der Waals surface area (Å²) in [5.74, 6) is 0. The van der Waals surface area contributed by atoms with Crippen molar-refractivity contribution in [3.05, 3.63) is 86.1 Å². The zero-order valence-electron chi connectivity index (χ0n) is 13.9. The molecule has 0 N–H and O–H groups in total. The molecule has 0 fully saturated rings. The van der Waals surface area contributed by atoms with Crippen LogP contribution in [-0.2, 0) is 0 Å². The number of rotatable bonds is 3. The summed E-state index contributed by atoms with van der Waals surface area (Å²) >= 11 is 7.19. The van der Waals surface area contributed by atoms with Crippen molar-refractivity contribution in [2.45, 2.75) is 13.8 Å². The van der Waals surface area contributed by atoms with Crippen LogP contribution in [-0.4, -0.2) is 4.57 Å². The summed E-state index contributed by atoms with van der Waals surface area (Å²) in [6.07, 6.45) is 1.96. The molecule has 2 aromatic carbocycles. The maximum absolute atomic E-state index is 9.60. The Morgan fingerprint density at radius 3 is 2.20 bits per heavy atom. The van der Waals surface area contributed by atoms with Crippen LogP contribution < -0.4 is 0 Å². The van der Waals surface area contributed by atoms with Crippen molar-refractivity contribution in [2.24, 2.45) is 0 Å². The van der Waals surface area contributed by atoms with E-state index in [2.05, 4.69) is 68.5 Å². The van der Waals surface area contributed by atoms with Crippen LogP contribution in [0, 0.1) is 25.2 Å². The highest BCUT2D eigenvalue weighted by atomic mass is 79.9. The first-order valence-electron chi connectivity index (χ1n) is 7.83. The van der Waals surface area contributed by atoms with Gasteiger partial charge in [0.25, 0.3) is 0 Å². The standard InChI is InChI=1S/C21H16Br2N2/c1-14-20(12-17(13-24)16-6-4-3-5-7-16)21(23)15(2)25(14)19-10-8-18(22)9-11-19/h3-12H,1-2H3. The van der Waals surface area contributed by atoms with E-state index in [9.17, 15) is 5.26 Å². The lowest BCUT2D eigenvalue weighted by atomic mass is 10.0. The molecule has 0 aliphatic carbocycles. The largest absolute Gasteiger partial charge is 0.317 e. The van der Waals surface area contributed by atoms with E-state index in [1.807, 2.05) is 48.5 Å². The topological polar surface area (TPSA) is 28.7 Å². The number of allylic oxidation sites excluding steroid dienone is 1. The highest BCUT2D eigenvalue weighted by Crippen LogP contribution is 2.33. The predicted molar refractivity (Wildman–Crippen MR) is 111 cm³/mol. The van der Waals surface area contributed by atoms with Gasteiger partial charge in [0, 0.05) is 31.6 Å². The SMILES string of the molecule is Cc1c(Br)c(C=C(C#N)c2ccccc2)c(C)n1-c1ccc(Br)cc1. The molecule has 0 amide bonds. The maximum atomic E-state index is 9.60. The molecule has 0 saturated heterocycles. The molecule has 0 bridgehead atoms. The van der Waals surface area contributed by atoms with Gasteiger partial charge in [0.2, 0.25) is 0 Å². The Morgan fingerprint density at radius 1 is 0.960 bits per heavy atom. The van der Waals surface area contributed by atoms with Crippen LogP contribution in [0.25, 0.3) is 17.3 Å². The Balaban J connectivity index is 2.15. The molecule has 0 atom stereocenters. The first kappa shape index (κ1) is 17.7. The molecule has 3 aromatic rings. The lowest BCUT2D eigenvalue weighted by Crippen LogP contribution is -1.98. The summed E-state index contributed by atoms with van der Waals surface area (Å²) in [7, 11) is 0. The summed E-state index contributed by atoms with van der Waals surface area (Å²) in [5.41, 5.74) is 5.90. The van der Waals surface area contributed by atoms with Crippen LogP contribution in [0.1, 0.15) is 22.5 Å². The molecule has 3 rings (SSSR count). The molecule has 0 aliphatic heterocycles. The van der Waals surface area contributed by atoms with E-state index >= 15 is 0 Å². The molecular weight excluding hydrogens is 440 g/mol. The quantitative estimate of drug-likeness (QED) is 0.404. The highest BCUT2D eigenvalue weighted by Gasteiger charge is 2.16. The van der Waals surface area contributed by atoms with Crippen LogP contribution in [0.15, 0.2) is 63.5 Å². The van der Waals surface area contributed by atoms with Crippen molar-refractivity contribution >= 4 is 43.5 Å². The van der Waals surface area contributed by atoms with Crippen LogP contribution in [0.4, 0.5) is 0 Å². The van der Waals surface area contributed by atoms with Gasteiger partial charge in [-0.05, 0) is 65.7 Å². The second-order valence-electron chi connectivity index (χ2n) is 5.75. The molecule has 124 valence electrons. The molecule has 0 aliphatic rings. The molecule has 4 heteroatoms. The molecule has 2 nitrogen and oxygen atoms in total. The van der Waals surface area contributed by atoms with Crippen molar-refractivity contribution in [1.29, 1.82) is 5.26 Å². The van der Waals surface area contributed by atoms with Gasteiger partial charge in [-0.25, -0.2) is 0 Å². The number of halogens is 2. The van der Waals surface area contributed by atoms with E-state index in [0.29, 0.717) is 5.57 Å². The Morgan fingerprint density at radius 2 is 1.60 bits per heavy atom. The number of benzene rings is 2. The van der Waals surface area contributed by atoms with Gasteiger partial charge in [0.05, 0.1) is 11.6 Å². The zero-order chi connectivity index (χ0) is 18.0. The molecule has 1 aromatic heterocycles. The lowest BCUT2D eigenvalue weighted by molar-refractivity contribution is 0.961. The van der Waals surface area contributed by atoms with Gasteiger partial charge in [0.15, 0.2) is 0 Å². The maximum Gasteiger partial charge on any atom is 0.0998 e. The third-order valence-electron chi connectivity index (χ3n) is 4.19. The normalized spacial score (nSPS) is 11.4. The molecule has 0 radical (unpaired) electrons. The first-order valence-corrected chi connectivity index (χ1v) is 9.42. The zero-order valence-corrected chi connectivity index (χ0v) is 17.1. The number of nitriles is 1. The van der Waals surface area contributed by atoms with Gasteiger partial charge < -0.3 is 4.57 Å². The second-order valence-corrected chi connectivity index (χ2v) is 7.45. The van der Waals surface area contributed by atoms with Crippen molar-refractivity contribution in [3.63, 3.8) is 0 Å². The predicted octanol–water partition coefficient (Wildman–Crippen LogP) is 6.68. The van der Waals surface area contributed by atoms with Crippen LogP contribution in [0.3, 0.4) is 0 Å². The van der Waals surface area contributed by atoms with Crippen molar-refractivity contribution in [1.82, 2.24) is 4.57 Å². The smallest absolute Gasteiger partial charge is 0.0998 e. The number of hydrogen-bond donors (Lipinski definition) is 0. The minimum absolute atomic E-state index is 0.650. The van der Waals surface area contributed by atoms with Crippen molar-refractivity contribution in [3.8, 4) is 11.8 Å². The molecule has 0 spiro atoms. The molecule has 25 heavy (non-hydrogen) atoms. The Bertz CT molecular complexity index is 975. The highest BCUT2D eigenvalue weighted by molar-refractivity contribution is 9.10. The van der Waals surface area contributed by atoms with Gasteiger partial charge in [-0.15, -0.1) is 0 Å².